The van der Waals surface area contributed by atoms with E-state index in [1.165, 1.54) is 0 Å². The Morgan fingerprint density at radius 3 is 2.57 bits per heavy atom. The van der Waals surface area contributed by atoms with E-state index in [-0.39, 0.29) is 6.03 Å². The van der Waals surface area contributed by atoms with E-state index in [2.05, 4.69) is 0 Å². The van der Waals surface area contributed by atoms with Gasteiger partial charge in [-0.05, 0) is 23.6 Å². The molecule has 6 heteroatoms. The lowest BCUT2D eigenvalue weighted by molar-refractivity contribution is 0.0695. The van der Waals surface area contributed by atoms with Gasteiger partial charge in [0.15, 0.2) is 0 Å². The number of carbonyl (C=O) groups excluding carboxylic acids is 1. The topological polar surface area (TPSA) is 60.9 Å². The SMILES string of the molecule is O=C(O)c1cccc2c1CCN(C(=O)N1CCSCC1)C2. The lowest BCUT2D eigenvalue weighted by Gasteiger charge is -2.35. The Morgan fingerprint density at radius 1 is 1.10 bits per heavy atom. The van der Waals surface area contributed by atoms with Crippen LogP contribution in [-0.4, -0.2) is 58.0 Å². The minimum atomic E-state index is -0.889. The standard InChI is InChI=1S/C15H18N2O3S/c18-14(19)13-3-1-2-11-10-17(5-4-12(11)13)15(20)16-6-8-21-9-7-16/h1-3H,4-10H2,(H,18,19). The molecule has 0 atom stereocenters. The zero-order valence-electron chi connectivity index (χ0n) is 11.7. The average molecular weight is 306 g/mol. The first-order chi connectivity index (χ1) is 10.2. The second-order valence-corrected chi connectivity index (χ2v) is 6.53. The van der Waals surface area contributed by atoms with Crippen LogP contribution in [0.15, 0.2) is 18.2 Å². The van der Waals surface area contributed by atoms with E-state index in [9.17, 15) is 14.7 Å². The molecular formula is C15H18N2O3S. The lowest BCUT2D eigenvalue weighted by atomic mass is 9.94. The molecule has 0 unspecified atom stereocenters. The number of hydrogen-bond acceptors (Lipinski definition) is 3. The summed E-state index contributed by atoms with van der Waals surface area (Å²) >= 11 is 1.88. The molecule has 0 bridgehead atoms. The average Bonchev–Trinajstić information content (AvgIpc) is 2.53. The quantitative estimate of drug-likeness (QED) is 0.861. The first-order valence-electron chi connectivity index (χ1n) is 7.12. The highest BCUT2D eigenvalue weighted by Gasteiger charge is 2.27. The number of benzene rings is 1. The van der Waals surface area contributed by atoms with Gasteiger partial charge in [-0.2, -0.15) is 11.8 Å². The maximum Gasteiger partial charge on any atom is 0.335 e. The fourth-order valence-corrected chi connectivity index (χ4v) is 3.83. The molecule has 112 valence electrons. The van der Waals surface area contributed by atoms with Crippen LogP contribution in [0.3, 0.4) is 0 Å². The number of thioether (sulfide) groups is 1. The minimum absolute atomic E-state index is 0.0849. The van der Waals surface area contributed by atoms with Crippen molar-refractivity contribution in [2.75, 3.05) is 31.1 Å². The smallest absolute Gasteiger partial charge is 0.335 e. The van der Waals surface area contributed by atoms with Crippen molar-refractivity contribution in [2.24, 2.45) is 0 Å². The number of carboxylic acid groups (broad SMARTS) is 1. The molecule has 0 saturated carbocycles. The number of rotatable bonds is 1. The molecule has 2 amide bonds. The van der Waals surface area contributed by atoms with Crippen LogP contribution in [0, 0.1) is 0 Å². The molecule has 1 fully saturated rings. The first kappa shape index (κ1) is 14.3. The van der Waals surface area contributed by atoms with Crippen molar-refractivity contribution in [3.63, 3.8) is 0 Å². The Hall–Kier alpha value is -1.69. The highest BCUT2D eigenvalue weighted by atomic mass is 32.2. The Bertz CT molecular complexity index is 570. The van der Waals surface area contributed by atoms with Crippen molar-refractivity contribution in [2.45, 2.75) is 13.0 Å². The number of carbonyl (C=O) groups is 2. The molecule has 3 rings (SSSR count). The summed E-state index contributed by atoms with van der Waals surface area (Å²) in [5.74, 6) is 1.11. The minimum Gasteiger partial charge on any atom is -0.478 e. The van der Waals surface area contributed by atoms with Crippen LogP contribution in [0.5, 0.6) is 0 Å². The number of amides is 2. The van der Waals surface area contributed by atoms with Gasteiger partial charge < -0.3 is 14.9 Å². The molecule has 0 aliphatic carbocycles. The third-order valence-corrected chi connectivity index (χ3v) is 4.99. The van der Waals surface area contributed by atoms with Gasteiger partial charge >= 0.3 is 12.0 Å². The summed E-state index contributed by atoms with van der Waals surface area (Å²) in [6.07, 6.45) is 0.617. The molecule has 1 saturated heterocycles. The number of urea groups is 1. The predicted octanol–water partition coefficient (Wildman–Crippen LogP) is 1.91. The largest absolute Gasteiger partial charge is 0.478 e. The summed E-state index contributed by atoms with van der Waals surface area (Å²) in [5, 5.41) is 9.23. The summed E-state index contributed by atoms with van der Waals surface area (Å²) in [6.45, 7) is 2.72. The highest BCUT2D eigenvalue weighted by Crippen LogP contribution is 2.24. The van der Waals surface area contributed by atoms with Crippen molar-refractivity contribution in [1.82, 2.24) is 9.80 Å². The van der Waals surface area contributed by atoms with Gasteiger partial charge in [0, 0.05) is 37.7 Å². The molecule has 0 radical (unpaired) electrons. The van der Waals surface area contributed by atoms with E-state index < -0.39 is 5.97 Å². The van der Waals surface area contributed by atoms with Crippen molar-refractivity contribution >= 4 is 23.8 Å². The molecule has 1 aromatic carbocycles. The maximum absolute atomic E-state index is 12.5. The summed E-state index contributed by atoms with van der Waals surface area (Å²) in [5.41, 5.74) is 2.21. The predicted molar refractivity (Wildman–Crippen MR) is 81.8 cm³/mol. The molecule has 1 N–H and O–H groups in total. The van der Waals surface area contributed by atoms with E-state index in [4.69, 9.17) is 0 Å². The molecule has 5 nitrogen and oxygen atoms in total. The molecule has 21 heavy (non-hydrogen) atoms. The van der Waals surface area contributed by atoms with Crippen molar-refractivity contribution in [1.29, 1.82) is 0 Å². The number of fused-ring (bicyclic) bond motifs is 1. The molecule has 1 aromatic rings. The second kappa shape index (κ2) is 5.97. The van der Waals surface area contributed by atoms with Crippen molar-refractivity contribution in [3.8, 4) is 0 Å². The van der Waals surface area contributed by atoms with Crippen LogP contribution in [0.1, 0.15) is 21.5 Å². The van der Waals surface area contributed by atoms with Gasteiger partial charge in [0.25, 0.3) is 0 Å². The monoisotopic (exact) mass is 306 g/mol. The van der Waals surface area contributed by atoms with Gasteiger partial charge in [0.2, 0.25) is 0 Å². The van der Waals surface area contributed by atoms with Gasteiger partial charge in [-0.3, -0.25) is 0 Å². The van der Waals surface area contributed by atoms with Crippen LogP contribution < -0.4 is 0 Å². The van der Waals surface area contributed by atoms with E-state index >= 15 is 0 Å². The zero-order valence-corrected chi connectivity index (χ0v) is 12.6. The number of nitrogens with zero attached hydrogens (tertiary/aromatic N) is 2. The van der Waals surface area contributed by atoms with Gasteiger partial charge in [-0.15, -0.1) is 0 Å². The Morgan fingerprint density at radius 2 is 1.86 bits per heavy atom. The van der Waals surface area contributed by atoms with Gasteiger partial charge in [0.1, 0.15) is 0 Å². The highest BCUT2D eigenvalue weighted by molar-refractivity contribution is 7.99. The molecule has 0 spiro atoms. The summed E-state index contributed by atoms with van der Waals surface area (Å²) in [4.78, 5) is 27.5. The Kier molecular flexibility index (Phi) is 4.05. The third kappa shape index (κ3) is 2.85. The first-order valence-corrected chi connectivity index (χ1v) is 8.28. The van der Waals surface area contributed by atoms with Crippen LogP contribution in [0.2, 0.25) is 0 Å². The van der Waals surface area contributed by atoms with Crippen molar-refractivity contribution < 1.29 is 14.7 Å². The van der Waals surface area contributed by atoms with E-state index in [0.717, 1.165) is 35.7 Å². The normalized spacial score (nSPS) is 18.3. The van der Waals surface area contributed by atoms with Crippen LogP contribution in [-0.2, 0) is 13.0 Å². The fourth-order valence-electron chi connectivity index (χ4n) is 2.93. The third-order valence-electron chi connectivity index (χ3n) is 4.05. The lowest BCUT2D eigenvalue weighted by Crippen LogP contribution is -2.48. The molecule has 2 aliphatic rings. The molecule has 0 aromatic heterocycles. The maximum atomic E-state index is 12.5. The van der Waals surface area contributed by atoms with E-state index in [1.54, 1.807) is 12.1 Å². The summed E-state index contributed by atoms with van der Waals surface area (Å²) in [7, 11) is 0. The number of aromatic carboxylic acids is 1. The van der Waals surface area contributed by atoms with Crippen LogP contribution in [0.25, 0.3) is 0 Å². The number of carboxylic acids is 1. The fraction of sp³-hybridized carbons (Fsp3) is 0.467. The molecule has 2 aliphatic heterocycles. The van der Waals surface area contributed by atoms with E-state index in [0.29, 0.717) is 25.1 Å². The second-order valence-electron chi connectivity index (χ2n) is 5.30. The summed E-state index contributed by atoms with van der Waals surface area (Å²) in [6, 6.07) is 5.41. The summed E-state index contributed by atoms with van der Waals surface area (Å²) < 4.78 is 0. The van der Waals surface area contributed by atoms with Gasteiger partial charge in [-0.25, -0.2) is 9.59 Å². The van der Waals surface area contributed by atoms with Crippen LogP contribution >= 0.6 is 11.8 Å². The van der Waals surface area contributed by atoms with Gasteiger partial charge in [-0.1, -0.05) is 12.1 Å². The van der Waals surface area contributed by atoms with Crippen LogP contribution in [0.4, 0.5) is 4.79 Å². The van der Waals surface area contributed by atoms with Gasteiger partial charge in [0.05, 0.1) is 5.56 Å². The zero-order chi connectivity index (χ0) is 14.8. The Balaban J connectivity index is 1.77. The van der Waals surface area contributed by atoms with E-state index in [1.807, 2.05) is 27.6 Å². The van der Waals surface area contributed by atoms with Crippen molar-refractivity contribution in [3.05, 3.63) is 34.9 Å². The number of hydrogen-bond donors (Lipinski definition) is 1. The Labute approximate surface area is 127 Å². The molecule has 2 heterocycles. The molecular weight excluding hydrogens is 288 g/mol.